The summed E-state index contributed by atoms with van der Waals surface area (Å²) in [5.41, 5.74) is -2.87. The predicted molar refractivity (Wildman–Crippen MR) is 128 cm³/mol. The van der Waals surface area contributed by atoms with Crippen molar-refractivity contribution in [2.75, 3.05) is 18.7 Å². The molecule has 10 heteroatoms. The van der Waals surface area contributed by atoms with Crippen LogP contribution in [0.3, 0.4) is 0 Å². The third-order valence-electron chi connectivity index (χ3n) is 6.30. The smallest absolute Gasteiger partial charge is 0.446 e. The maximum Gasteiger partial charge on any atom is 0.446 e. The Morgan fingerprint density at radius 1 is 1.20 bits per heavy atom. The van der Waals surface area contributed by atoms with Gasteiger partial charge in [0.15, 0.2) is 6.29 Å². The van der Waals surface area contributed by atoms with Gasteiger partial charge >= 0.3 is 5.51 Å². The van der Waals surface area contributed by atoms with Gasteiger partial charge in [-0.05, 0) is 73.6 Å². The first-order valence-corrected chi connectivity index (χ1v) is 11.6. The molecule has 1 fully saturated rings. The number of aldehydes is 1. The summed E-state index contributed by atoms with van der Waals surface area (Å²) in [7, 11) is 1.59. The molecule has 1 saturated heterocycles. The van der Waals surface area contributed by atoms with Crippen molar-refractivity contribution < 1.29 is 27.5 Å². The number of pyridine rings is 1. The molecule has 1 aliphatic rings. The Kier molecular flexibility index (Phi) is 6.79. The average molecular weight is 504 g/mol. The molecule has 35 heavy (non-hydrogen) atoms. The number of benzene rings is 2. The number of rotatable bonds is 7. The molecule has 2 heterocycles. The van der Waals surface area contributed by atoms with Crippen molar-refractivity contribution in [2.24, 2.45) is 0 Å². The minimum Gasteiger partial charge on any atom is -0.496 e. The number of methoxy groups -OCH3 is 1. The van der Waals surface area contributed by atoms with Crippen LogP contribution in [-0.4, -0.2) is 52.8 Å². The van der Waals surface area contributed by atoms with Gasteiger partial charge < -0.3 is 9.64 Å². The summed E-state index contributed by atoms with van der Waals surface area (Å²) in [4.78, 5) is 32.6. The second-order valence-electron chi connectivity index (χ2n) is 8.75. The quantitative estimate of drug-likeness (QED) is 0.254. The lowest BCUT2D eigenvalue weighted by Crippen LogP contribution is -2.51. The van der Waals surface area contributed by atoms with Gasteiger partial charge in [-0.2, -0.15) is 13.2 Å². The molecule has 1 atom stereocenters. The molecular weight excluding hydrogens is 479 g/mol. The van der Waals surface area contributed by atoms with Crippen LogP contribution in [0.25, 0.3) is 10.9 Å². The van der Waals surface area contributed by atoms with Crippen molar-refractivity contribution in [3.8, 4) is 5.75 Å². The minimum absolute atomic E-state index is 0.0465. The third-order valence-corrected chi connectivity index (χ3v) is 7.04. The van der Waals surface area contributed by atoms with Crippen LogP contribution in [-0.2, 0) is 16.1 Å². The van der Waals surface area contributed by atoms with Gasteiger partial charge in [-0.3, -0.25) is 19.5 Å². The summed E-state index contributed by atoms with van der Waals surface area (Å²) in [6.07, 6.45) is 2.02. The van der Waals surface area contributed by atoms with E-state index in [2.05, 4.69) is 9.88 Å². The molecule has 0 N–H and O–H groups in total. The van der Waals surface area contributed by atoms with Crippen LogP contribution >= 0.6 is 11.8 Å². The molecule has 3 aromatic rings. The summed E-state index contributed by atoms with van der Waals surface area (Å²) in [5, 5.41) is 0.860. The molecule has 2 aromatic carbocycles. The normalized spacial score (nSPS) is 18.1. The van der Waals surface area contributed by atoms with Gasteiger partial charge in [0, 0.05) is 34.2 Å². The van der Waals surface area contributed by atoms with Crippen LogP contribution in [0.4, 0.5) is 18.9 Å². The zero-order valence-electron chi connectivity index (χ0n) is 19.4. The number of ketones is 1. The first kappa shape index (κ1) is 25.0. The van der Waals surface area contributed by atoms with Crippen molar-refractivity contribution in [3.63, 3.8) is 0 Å². The van der Waals surface area contributed by atoms with E-state index in [4.69, 9.17) is 4.74 Å². The number of nitrogens with zero attached hydrogens (tertiary/aromatic N) is 3. The average Bonchev–Trinajstić information content (AvgIpc) is 3.07. The summed E-state index contributed by atoms with van der Waals surface area (Å²) in [5.74, 6) is 0.0844. The highest BCUT2D eigenvalue weighted by Crippen LogP contribution is 2.40. The van der Waals surface area contributed by atoms with E-state index in [1.165, 1.54) is 12.1 Å². The van der Waals surface area contributed by atoms with E-state index in [-0.39, 0.29) is 16.7 Å². The number of hydrogen-bond donors (Lipinski definition) is 0. The highest BCUT2D eigenvalue weighted by atomic mass is 32.2. The summed E-state index contributed by atoms with van der Waals surface area (Å²) < 4.78 is 43.7. The number of halogens is 3. The Morgan fingerprint density at radius 3 is 2.54 bits per heavy atom. The number of thioether (sulfide) groups is 1. The van der Waals surface area contributed by atoms with E-state index in [0.717, 1.165) is 16.5 Å². The molecule has 1 unspecified atom stereocenters. The molecule has 4 rings (SSSR count). The molecule has 0 amide bonds. The SMILES string of the molecule is COc1cccc2nccc(CN3CN(c4ccc(SC(F)(F)F)cc4)C(C(=O)C=O)C3(C)C)c12. The summed E-state index contributed by atoms with van der Waals surface area (Å²) >= 11 is -0.200. The van der Waals surface area contributed by atoms with Crippen LogP contribution in [0.5, 0.6) is 5.75 Å². The Balaban J connectivity index is 1.70. The van der Waals surface area contributed by atoms with E-state index >= 15 is 0 Å². The molecule has 0 aliphatic carbocycles. The van der Waals surface area contributed by atoms with Crippen molar-refractivity contribution >= 4 is 40.4 Å². The van der Waals surface area contributed by atoms with Gasteiger partial charge in [0.2, 0.25) is 5.78 Å². The highest BCUT2D eigenvalue weighted by Gasteiger charge is 2.50. The molecule has 0 bridgehead atoms. The van der Waals surface area contributed by atoms with E-state index in [0.29, 0.717) is 30.9 Å². The van der Waals surface area contributed by atoms with Gasteiger partial charge in [-0.15, -0.1) is 0 Å². The largest absolute Gasteiger partial charge is 0.496 e. The second kappa shape index (κ2) is 9.50. The first-order chi connectivity index (χ1) is 16.5. The second-order valence-corrected chi connectivity index (χ2v) is 9.89. The van der Waals surface area contributed by atoms with Crippen LogP contribution in [0.15, 0.2) is 59.6 Å². The number of anilines is 1. The molecular formula is C25H24F3N3O3S. The van der Waals surface area contributed by atoms with Crippen LogP contribution < -0.4 is 9.64 Å². The van der Waals surface area contributed by atoms with Gasteiger partial charge in [0.1, 0.15) is 11.8 Å². The molecule has 0 saturated carbocycles. The molecule has 1 aliphatic heterocycles. The number of Topliss-reactive ketones (excluding diaryl/α,β-unsaturated/α-hetero) is 1. The fourth-order valence-corrected chi connectivity index (χ4v) is 5.18. The fraction of sp³-hybridized carbons (Fsp3) is 0.320. The van der Waals surface area contributed by atoms with E-state index < -0.39 is 22.9 Å². The topological polar surface area (TPSA) is 62.7 Å². The lowest BCUT2D eigenvalue weighted by atomic mass is 9.90. The van der Waals surface area contributed by atoms with E-state index in [9.17, 15) is 22.8 Å². The molecule has 6 nitrogen and oxygen atoms in total. The number of fused-ring (bicyclic) bond motifs is 1. The number of carbonyl (C=O) groups is 2. The number of aromatic nitrogens is 1. The van der Waals surface area contributed by atoms with Gasteiger partial charge in [-0.25, -0.2) is 0 Å². The monoisotopic (exact) mass is 503 g/mol. The number of ether oxygens (including phenoxy) is 1. The van der Waals surface area contributed by atoms with E-state index in [1.54, 1.807) is 30.3 Å². The first-order valence-electron chi connectivity index (χ1n) is 10.8. The fourth-order valence-electron chi connectivity index (χ4n) is 4.64. The lowest BCUT2D eigenvalue weighted by molar-refractivity contribution is -0.131. The Bertz CT molecular complexity index is 1240. The number of carbonyl (C=O) groups excluding carboxylic acids is 2. The van der Waals surface area contributed by atoms with Gasteiger partial charge in [0.25, 0.3) is 0 Å². The minimum atomic E-state index is -4.39. The maximum absolute atomic E-state index is 12.8. The van der Waals surface area contributed by atoms with Gasteiger partial charge in [-0.1, -0.05) is 6.07 Å². The van der Waals surface area contributed by atoms with E-state index in [1.807, 2.05) is 38.1 Å². The summed E-state index contributed by atoms with van der Waals surface area (Å²) in [6.45, 7) is 4.50. The number of hydrogen-bond acceptors (Lipinski definition) is 7. The molecule has 0 radical (unpaired) electrons. The molecule has 0 spiro atoms. The zero-order valence-corrected chi connectivity index (χ0v) is 20.2. The van der Waals surface area contributed by atoms with Crippen LogP contribution in [0, 0.1) is 0 Å². The maximum atomic E-state index is 12.8. The van der Waals surface area contributed by atoms with Crippen LogP contribution in [0.1, 0.15) is 19.4 Å². The zero-order chi connectivity index (χ0) is 25.4. The summed E-state index contributed by atoms with van der Waals surface area (Å²) in [6, 6.07) is 12.5. The van der Waals surface area contributed by atoms with Crippen molar-refractivity contribution in [2.45, 2.75) is 42.4 Å². The number of alkyl halides is 3. The molecule has 1 aromatic heterocycles. The van der Waals surface area contributed by atoms with Crippen molar-refractivity contribution in [3.05, 3.63) is 60.3 Å². The van der Waals surface area contributed by atoms with Crippen molar-refractivity contribution in [1.82, 2.24) is 9.88 Å². The Hall–Kier alpha value is -3.11. The van der Waals surface area contributed by atoms with Gasteiger partial charge in [0.05, 0.1) is 19.3 Å². The lowest BCUT2D eigenvalue weighted by Gasteiger charge is -2.34. The molecule has 184 valence electrons. The van der Waals surface area contributed by atoms with Crippen LogP contribution in [0.2, 0.25) is 0 Å². The predicted octanol–water partition coefficient (Wildman–Crippen LogP) is 5.05. The van der Waals surface area contributed by atoms with Crippen molar-refractivity contribution in [1.29, 1.82) is 0 Å². The Morgan fingerprint density at radius 2 is 1.91 bits per heavy atom. The highest BCUT2D eigenvalue weighted by molar-refractivity contribution is 8.00. The standard InChI is InChI=1S/C25H24F3N3O3S/c1-24(2)23(20(33)14-32)31(17-7-9-18(10-8-17)35-25(26,27)28)15-30(24)13-16-11-12-29-19-5-4-6-21(34-3)22(16)19/h4-12,14,23H,13,15H2,1-3H3. The Labute approximate surface area is 205 Å². The third kappa shape index (κ3) is 4.99.